The van der Waals surface area contributed by atoms with E-state index in [2.05, 4.69) is 41.9 Å². The summed E-state index contributed by atoms with van der Waals surface area (Å²) < 4.78 is 2.51. The predicted molar refractivity (Wildman–Crippen MR) is 83.1 cm³/mol. The van der Waals surface area contributed by atoms with Crippen LogP contribution in [0.25, 0.3) is 0 Å². The number of nitrogens with one attached hydrogen (secondary N) is 2. The lowest BCUT2D eigenvalue weighted by atomic mass is 10.2. The van der Waals surface area contributed by atoms with Crippen LogP contribution in [0.1, 0.15) is 23.7 Å². The van der Waals surface area contributed by atoms with Crippen molar-refractivity contribution in [1.29, 1.82) is 0 Å². The second-order valence-corrected chi connectivity index (χ2v) is 5.27. The molecule has 0 aliphatic heterocycles. The molecule has 2 N–H and O–H groups in total. The summed E-state index contributed by atoms with van der Waals surface area (Å²) in [6, 6.07) is 1.76. The zero-order chi connectivity index (χ0) is 15.1. The van der Waals surface area contributed by atoms with Crippen molar-refractivity contribution in [3.05, 3.63) is 34.7 Å². The molecule has 0 bridgehead atoms. The highest BCUT2D eigenvalue weighted by molar-refractivity contribution is 9.10. The summed E-state index contributed by atoms with van der Waals surface area (Å²) >= 11 is 3.33. The van der Waals surface area contributed by atoms with Crippen LogP contribution in [0.4, 0.5) is 5.82 Å². The van der Waals surface area contributed by atoms with Crippen molar-refractivity contribution in [2.24, 2.45) is 0 Å². The molecule has 2 heterocycles. The standard InChI is InChI=1S/C13H17BrN6O/c1-2-15-12-11(8-10(14)9-17-12)13(21)16-4-3-6-20-7-5-18-19-20/h5,7-9H,2-4,6H2,1H3,(H,15,17)(H,16,21). The zero-order valence-corrected chi connectivity index (χ0v) is 13.3. The molecule has 1 amide bonds. The average Bonchev–Trinajstić information content (AvgIpc) is 2.99. The topological polar surface area (TPSA) is 84.7 Å². The van der Waals surface area contributed by atoms with Crippen LogP contribution in [0, 0.1) is 0 Å². The number of rotatable bonds is 7. The second kappa shape index (κ2) is 7.72. The molecule has 0 radical (unpaired) electrons. The first-order chi connectivity index (χ1) is 10.2. The summed E-state index contributed by atoms with van der Waals surface area (Å²) in [6.45, 7) is 3.96. The molecule has 0 aromatic carbocycles. The Morgan fingerprint density at radius 3 is 3.05 bits per heavy atom. The number of hydrogen-bond acceptors (Lipinski definition) is 5. The maximum Gasteiger partial charge on any atom is 0.255 e. The Labute approximate surface area is 131 Å². The van der Waals surface area contributed by atoms with E-state index in [9.17, 15) is 4.79 Å². The van der Waals surface area contributed by atoms with Crippen LogP contribution >= 0.6 is 15.9 Å². The molecule has 2 aromatic heterocycles. The maximum atomic E-state index is 12.2. The van der Waals surface area contributed by atoms with E-state index in [0.29, 0.717) is 24.5 Å². The fraction of sp³-hybridized carbons (Fsp3) is 0.385. The summed E-state index contributed by atoms with van der Waals surface area (Å²) in [4.78, 5) is 16.4. The minimum atomic E-state index is -0.140. The molecule has 2 aromatic rings. The van der Waals surface area contributed by atoms with E-state index in [-0.39, 0.29) is 5.91 Å². The largest absolute Gasteiger partial charge is 0.370 e. The molecule has 0 fully saturated rings. The normalized spacial score (nSPS) is 10.4. The van der Waals surface area contributed by atoms with Gasteiger partial charge in [0.2, 0.25) is 0 Å². The van der Waals surface area contributed by atoms with Gasteiger partial charge >= 0.3 is 0 Å². The van der Waals surface area contributed by atoms with Crippen LogP contribution in [-0.4, -0.2) is 39.0 Å². The average molecular weight is 353 g/mol. The highest BCUT2D eigenvalue weighted by Crippen LogP contribution is 2.17. The Hall–Kier alpha value is -1.96. The first kappa shape index (κ1) is 15.4. The number of hydrogen-bond donors (Lipinski definition) is 2. The maximum absolute atomic E-state index is 12.2. The first-order valence-electron chi connectivity index (χ1n) is 6.72. The monoisotopic (exact) mass is 352 g/mol. The van der Waals surface area contributed by atoms with Crippen LogP contribution in [0.15, 0.2) is 29.1 Å². The van der Waals surface area contributed by atoms with Crippen molar-refractivity contribution in [2.75, 3.05) is 18.4 Å². The molecule has 2 rings (SSSR count). The minimum absolute atomic E-state index is 0.140. The molecule has 21 heavy (non-hydrogen) atoms. The van der Waals surface area contributed by atoms with E-state index < -0.39 is 0 Å². The van der Waals surface area contributed by atoms with Gasteiger partial charge in [-0.15, -0.1) is 5.10 Å². The van der Waals surface area contributed by atoms with Crippen molar-refractivity contribution in [2.45, 2.75) is 19.9 Å². The Bertz CT molecular complexity index is 586. The highest BCUT2D eigenvalue weighted by Gasteiger charge is 2.12. The molecule has 112 valence electrons. The number of carbonyl (C=O) groups excluding carboxylic acids is 1. The van der Waals surface area contributed by atoms with Crippen molar-refractivity contribution >= 4 is 27.7 Å². The first-order valence-corrected chi connectivity index (χ1v) is 7.51. The number of aryl methyl sites for hydroxylation is 1. The molecule has 0 spiro atoms. The Morgan fingerprint density at radius 2 is 2.33 bits per heavy atom. The van der Waals surface area contributed by atoms with Gasteiger partial charge in [-0.25, -0.2) is 4.98 Å². The van der Waals surface area contributed by atoms with Crippen molar-refractivity contribution < 1.29 is 4.79 Å². The van der Waals surface area contributed by atoms with Gasteiger partial charge in [0.05, 0.1) is 11.8 Å². The van der Waals surface area contributed by atoms with Crippen LogP contribution in [0.2, 0.25) is 0 Å². The Kier molecular flexibility index (Phi) is 5.68. The van der Waals surface area contributed by atoms with Gasteiger partial charge in [0.15, 0.2) is 0 Å². The van der Waals surface area contributed by atoms with Gasteiger partial charge in [-0.1, -0.05) is 5.21 Å². The van der Waals surface area contributed by atoms with E-state index in [4.69, 9.17) is 0 Å². The molecule has 7 nitrogen and oxygen atoms in total. The molecule has 8 heteroatoms. The van der Waals surface area contributed by atoms with E-state index >= 15 is 0 Å². The number of carbonyl (C=O) groups is 1. The van der Waals surface area contributed by atoms with Crippen LogP contribution in [0.3, 0.4) is 0 Å². The molecule has 0 saturated heterocycles. The minimum Gasteiger partial charge on any atom is -0.370 e. The molecular weight excluding hydrogens is 336 g/mol. The van der Waals surface area contributed by atoms with Gasteiger partial charge in [-0.3, -0.25) is 9.48 Å². The number of pyridine rings is 1. The Morgan fingerprint density at radius 1 is 1.48 bits per heavy atom. The van der Waals surface area contributed by atoms with Gasteiger partial charge in [0.25, 0.3) is 5.91 Å². The van der Waals surface area contributed by atoms with Crippen LogP contribution in [-0.2, 0) is 6.54 Å². The molecule has 0 aliphatic carbocycles. The van der Waals surface area contributed by atoms with E-state index in [1.807, 2.05) is 6.92 Å². The van der Waals surface area contributed by atoms with E-state index in [1.165, 1.54) is 0 Å². The summed E-state index contributed by atoms with van der Waals surface area (Å²) in [7, 11) is 0. The van der Waals surface area contributed by atoms with Crippen molar-refractivity contribution in [3.8, 4) is 0 Å². The fourth-order valence-corrected chi connectivity index (χ4v) is 2.14. The molecule has 0 saturated carbocycles. The summed E-state index contributed by atoms with van der Waals surface area (Å²) in [5.41, 5.74) is 0.534. The highest BCUT2D eigenvalue weighted by atomic mass is 79.9. The summed E-state index contributed by atoms with van der Waals surface area (Å²) in [6.07, 6.45) is 5.88. The third kappa shape index (κ3) is 4.52. The van der Waals surface area contributed by atoms with Crippen LogP contribution in [0.5, 0.6) is 0 Å². The molecule has 0 atom stereocenters. The van der Waals surface area contributed by atoms with Crippen molar-refractivity contribution in [3.63, 3.8) is 0 Å². The number of halogens is 1. The van der Waals surface area contributed by atoms with Gasteiger partial charge in [-0.2, -0.15) is 0 Å². The SMILES string of the molecule is CCNc1ncc(Br)cc1C(=O)NCCCn1ccnn1. The third-order valence-corrected chi connectivity index (χ3v) is 3.20. The van der Waals surface area contributed by atoms with E-state index in [0.717, 1.165) is 17.4 Å². The third-order valence-electron chi connectivity index (χ3n) is 2.76. The molecule has 0 aliphatic rings. The number of nitrogens with zero attached hydrogens (tertiary/aromatic N) is 4. The van der Waals surface area contributed by atoms with E-state index in [1.54, 1.807) is 29.3 Å². The smallest absolute Gasteiger partial charge is 0.255 e. The number of anilines is 1. The molecule has 0 unspecified atom stereocenters. The second-order valence-electron chi connectivity index (χ2n) is 4.36. The summed E-state index contributed by atoms with van der Waals surface area (Å²) in [5, 5.41) is 13.6. The quantitative estimate of drug-likeness (QED) is 0.740. The predicted octanol–water partition coefficient (Wildman–Crippen LogP) is 1.69. The zero-order valence-electron chi connectivity index (χ0n) is 11.7. The fourth-order valence-electron chi connectivity index (χ4n) is 1.81. The van der Waals surface area contributed by atoms with Gasteiger partial charge in [-0.05, 0) is 35.3 Å². The summed E-state index contributed by atoms with van der Waals surface area (Å²) in [5.74, 6) is 0.452. The Balaban J connectivity index is 1.88. The lowest BCUT2D eigenvalue weighted by Gasteiger charge is -2.10. The lowest BCUT2D eigenvalue weighted by Crippen LogP contribution is -2.26. The number of aromatic nitrogens is 4. The number of amides is 1. The lowest BCUT2D eigenvalue weighted by molar-refractivity contribution is 0.0953. The molecular formula is C13H17BrN6O. The van der Waals surface area contributed by atoms with Crippen LogP contribution < -0.4 is 10.6 Å². The van der Waals surface area contributed by atoms with Gasteiger partial charge in [0, 0.05) is 36.5 Å². The van der Waals surface area contributed by atoms with Gasteiger partial charge in [0.1, 0.15) is 5.82 Å². The van der Waals surface area contributed by atoms with Crippen molar-refractivity contribution in [1.82, 2.24) is 25.3 Å². The van der Waals surface area contributed by atoms with Gasteiger partial charge < -0.3 is 10.6 Å².